The number of carbonyl (C=O) groups is 1. The number of nitrogens with one attached hydrogen (secondary N) is 1. The minimum atomic E-state index is -0.682. The number of aryl methyl sites for hydroxylation is 2. The van der Waals surface area contributed by atoms with E-state index < -0.39 is 17.1 Å². The maximum absolute atomic E-state index is 11.4. The molecule has 1 aromatic heterocycles. The molecule has 88 valence electrons. The predicted octanol–water partition coefficient (Wildman–Crippen LogP) is -2.14. The molecule has 1 aromatic rings. The van der Waals surface area contributed by atoms with Crippen molar-refractivity contribution in [1.82, 2.24) is 14.7 Å². The van der Waals surface area contributed by atoms with Crippen molar-refractivity contribution in [3.05, 3.63) is 33.1 Å². The fourth-order valence-electron chi connectivity index (χ4n) is 1.09. The second kappa shape index (κ2) is 5.24. The maximum atomic E-state index is 11.4. The lowest BCUT2D eigenvalue weighted by atomic mass is 10.4. The molecule has 0 radical (unpaired) electrons. The van der Waals surface area contributed by atoms with E-state index in [0.717, 1.165) is 4.57 Å². The zero-order chi connectivity index (χ0) is 12.1. The monoisotopic (exact) mass is 228 g/mol. The summed E-state index contributed by atoms with van der Waals surface area (Å²) < 4.78 is 2.30. The highest BCUT2D eigenvalue weighted by atomic mass is 16.7. The van der Waals surface area contributed by atoms with Gasteiger partial charge < -0.3 is 14.0 Å². The summed E-state index contributed by atoms with van der Waals surface area (Å²) in [6.45, 7) is 0.0649. The van der Waals surface area contributed by atoms with Crippen molar-refractivity contribution in [1.29, 1.82) is 0 Å². The van der Waals surface area contributed by atoms with Crippen LogP contribution in [0.4, 0.5) is 0 Å². The van der Waals surface area contributed by atoms with Crippen molar-refractivity contribution in [3.8, 4) is 0 Å². The number of hydrogen-bond donors (Lipinski definition) is 2. The highest BCUT2D eigenvalue weighted by molar-refractivity contribution is 5.68. The topological polar surface area (TPSA) is 108 Å². The largest absolute Gasteiger partial charge is 0.356 e. The molecule has 16 heavy (non-hydrogen) atoms. The second-order valence-electron chi connectivity index (χ2n) is 3.05. The lowest BCUT2D eigenvalue weighted by molar-refractivity contribution is -0.151. The molecule has 8 heteroatoms. The summed E-state index contributed by atoms with van der Waals surface area (Å²) in [5.41, 5.74) is 0.409. The highest BCUT2D eigenvalue weighted by Gasteiger charge is 2.06. The van der Waals surface area contributed by atoms with E-state index >= 15 is 0 Å². The Balaban J connectivity index is 2.76. The van der Waals surface area contributed by atoms with Gasteiger partial charge in [-0.15, -0.1) is 0 Å². The number of hydrazine groups is 1. The molecular weight excluding hydrogens is 216 g/mol. The minimum absolute atomic E-state index is 0.0583. The van der Waals surface area contributed by atoms with Crippen LogP contribution >= 0.6 is 0 Å². The molecule has 0 spiro atoms. The minimum Gasteiger partial charge on any atom is -0.356 e. The third-order valence-electron chi connectivity index (χ3n) is 1.96. The van der Waals surface area contributed by atoms with E-state index in [-0.39, 0.29) is 13.0 Å². The number of carbonyl (C=O) groups excluding carboxylic acids is 1. The summed E-state index contributed by atoms with van der Waals surface area (Å²) in [4.78, 5) is 37.8. The van der Waals surface area contributed by atoms with Crippen LogP contribution in [-0.4, -0.2) is 15.1 Å². The van der Waals surface area contributed by atoms with Crippen LogP contribution in [0.1, 0.15) is 6.42 Å². The molecule has 0 bridgehead atoms. The highest BCUT2D eigenvalue weighted by Crippen LogP contribution is 1.87. The van der Waals surface area contributed by atoms with E-state index in [1.54, 1.807) is 5.59 Å². The van der Waals surface area contributed by atoms with Gasteiger partial charge in [0.15, 0.2) is 0 Å². The average Bonchev–Trinajstić information content (AvgIpc) is 2.25. The third-order valence-corrected chi connectivity index (χ3v) is 1.96. The Kier molecular flexibility index (Phi) is 3.97. The first-order valence-corrected chi connectivity index (χ1v) is 4.47. The van der Waals surface area contributed by atoms with Crippen LogP contribution in [0.25, 0.3) is 0 Å². The summed E-state index contributed by atoms with van der Waals surface area (Å²) >= 11 is 0. The quantitative estimate of drug-likeness (QED) is 0.346. The van der Waals surface area contributed by atoms with Crippen molar-refractivity contribution in [2.24, 2.45) is 12.9 Å². The number of nitrogens with two attached hydrogens (primary N) is 1. The van der Waals surface area contributed by atoms with Crippen molar-refractivity contribution in [3.63, 3.8) is 0 Å². The Bertz CT molecular complexity index is 490. The molecule has 0 aliphatic carbocycles. The number of aromatic nitrogens is 2. The molecule has 0 unspecified atom stereocenters. The van der Waals surface area contributed by atoms with Crippen LogP contribution in [0.15, 0.2) is 22.0 Å². The molecule has 0 fully saturated rings. The van der Waals surface area contributed by atoms with Gasteiger partial charge in [0.25, 0.3) is 0 Å². The van der Waals surface area contributed by atoms with Crippen LogP contribution in [0.5, 0.6) is 0 Å². The fourth-order valence-corrected chi connectivity index (χ4v) is 1.09. The molecule has 0 saturated heterocycles. The van der Waals surface area contributed by atoms with E-state index in [0.29, 0.717) is 0 Å². The Morgan fingerprint density at radius 3 is 2.75 bits per heavy atom. The Morgan fingerprint density at radius 2 is 2.12 bits per heavy atom. The van der Waals surface area contributed by atoms with Crippen molar-refractivity contribution < 1.29 is 9.63 Å². The molecule has 0 amide bonds. The zero-order valence-corrected chi connectivity index (χ0v) is 8.67. The summed E-state index contributed by atoms with van der Waals surface area (Å²) in [5.74, 6) is 4.14. The van der Waals surface area contributed by atoms with Gasteiger partial charge in [-0.2, -0.15) is 0 Å². The van der Waals surface area contributed by atoms with E-state index in [9.17, 15) is 14.4 Å². The Labute approximate surface area is 90.2 Å². The van der Waals surface area contributed by atoms with Gasteiger partial charge in [-0.25, -0.2) is 5.84 Å². The van der Waals surface area contributed by atoms with Crippen LogP contribution in [0, 0.1) is 0 Å². The SMILES string of the molecule is Cn1ccn(CCC(=O)ONN)c(=O)c1=O. The zero-order valence-electron chi connectivity index (χ0n) is 8.67. The molecule has 0 aliphatic heterocycles. The first kappa shape index (κ1) is 12.1. The predicted molar refractivity (Wildman–Crippen MR) is 54.0 cm³/mol. The Morgan fingerprint density at radius 1 is 1.44 bits per heavy atom. The van der Waals surface area contributed by atoms with Gasteiger partial charge in [-0.1, -0.05) is 5.59 Å². The number of nitrogens with zero attached hydrogens (tertiary/aromatic N) is 2. The lowest BCUT2D eigenvalue weighted by Crippen LogP contribution is -2.40. The lowest BCUT2D eigenvalue weighted by Gasteiger charge is -2.05. The van der Waals surface area contributed by atoms with Crippen molar-refractivity contribution >= 4 is 5.97 Å². The van der Waals surface area contributed by atoms with Gasteiger partial charge in [0.1, 0.15) is 0 Å². The van der Waals surface area contributed by atoms with E-state index in [1.165, 1.54) is 24.0 Å². The molecule has 0 saturated carbocycles. The summed E-state index contributed by atoms with van der Waals surface area (Å²) in [6, 6.07) is 0. The van der Waals surface area contributed by atoms with Crippen LogP contribution in [0.2, 0.25) is 0 Å². The van der Waals surface area contributed by atoms with Crippen LogP contribution in [0.3, 0.4) is 0 Å². The van der Waals surface area contributed by atoms with Gasteiger partial charge in [-0.3, -0.25) is 14.4 Å². The smallest absolute Gasteiger partial charge is 0.328 e. The molecule has 1 rings (SSSR count). The molecule has 1 heterocycles. The standard InChI is InChI=1S/C8H12N4O4/c1-11-4-5-12(8(15)7(11)14)3-2-6(13)16-10-9/h4-5,10H,2-3,9H2,1H3. The number of rotatable bonds is 4. The van der Waals surface area contributed by atoms with Gasteiger partial charge >= 0.3 is 17.1 Å². The summed E-state index contributed by atoms with van der Waals surface area (Å²) in [7, 11) is 1.47. The maximum Gasteiger partial charge on any atom is 0.328 e. The van der Waals surface area contributed by atoms with Gasteiger partial charge in [0.2, 0.25) is 0 Å². The number of hydrogen-bond acceptors (Lipinski definition) is 6. The molecule has 8 nitrogen and oxygen atoms in total. The third kappa shape index (κ3) is 2.78. The summed E-state index contributed by atoms with van der Waals surface area (Å²) in [6.07, 6.45) is 2.81. The first-order chi connectivity index (χ1) is 7.56. The molecule has 0 atom stereocenters. The molecule has 3 N–H and O–H groups in total. The van der Waals surface area contributed by atoms with Crippen molar-refractivity contribution in [2.75, 3.05) is 0 Å². The molecule has 0 aromatic carbocycles. The van der Waals surface area contributed by atoms with E-state index in [4.69, 9.17) is 5.84 Å². The fraction of sp³-hybridized carbons (Fsp3) is 0.375. The average molecular weight is 228 g/mol. The normalized spacial score (nSPS) is 10.1. The molecule has 0 aliphatic rings. The van der Waals surface area contributed by atoms with Crippen LogP contribution in [-0.2, 0) is 23.2 Å². The van der Waals surface area contributed by atoms with Crippen LogP contribution < -0.4 is 22.6 Å². The van der Waals surface area contributed by atoms with Crippen molar-refractivity contribution in [2.45, 2.75) is 13.0 Å². The van der Waals surface area contributed by atoms with Gasteiger partial charge in [-0.05, 0) is 0 Å². The van der Waals surface area contributed by atoms with Gasteiger partial charge in [0, 0.05) is 26.0 Å². The Hall–Kier alpha value is -1.93. The molecular formula is C8H12N4O4. The first-order valence-electron chi connectivity index (χ1n) is 4.47. The van der Waals surface area contributed by atoms with E-state index in [1.807, 2.05) is 0 Å². The van der Waals surface area contributed by atoms with Gasteiger partial charge in [0.05, 0.1) is 6.42 Å². The van der Waals surface area contributed by atoms with E-state index in [2.05, 4.69) is 4.84 Å². The second-order valence-corrected chi connectivity index (χ2v) is 3.05. The summed E-state index contributed by atoms with van der Waals surface area (Å²) in [5, 5.41) is 0.